The van der Waals surface area contributed by atoms with Crippen molar-refractivity contribution in [1.29, 1.82) is 0 Å². The van der Waals surface area contributed by atoms with E-state index < -0.39 is 6.10 Å². The molecular formula is C22H27N3O2. The van der Waals surface area contributed by atoms with E-state index in [0.29, 0.717) is 19.6 Å². The van der Waals surface area contributed by atoms with Gasteiger partial charge in [0.2, 0.25) is 0 Å². The topological polar surface area (TPSA) is 55.8 Å². The van der Waals surface area contributed by atoms with Crippen LogP contribution in [0.1, 0.15) is 27.0 Å². The average molecular weight is 365 g/mol. The van der Waals surface area contributed by atoms with Crippen LogP contribution in [0.4, 0.5) is 5.69 Å². The van der Waals surface area contributed by atoms with Gasteiger partial charge in [-0.1, -0.05) is 30.3 Å². The van der Waals surface area contributed by atoms with Crippen molar-refractivity contribution in [2.45, 2.75) is 25.5 Å². The standard InChI is InChI=1S/C22H27N3O2/c1-23-19-7-6-17-9-11-25(22(27)21(17)12-19)15-20(26)14-24-10-8-16-4-2-3-5-18(16)13-24/h2-7,12,20,23,26H,8-11,13-15H2,1H3. The van der Waals surface area contributed by atoms with Gasteiger partial charge in [-0.3, -0.25) is 9.69 Å². The number of aliphatic hydroxyl groups excluding tert-OH is 1. The van der Waals surface area contributed by atoms with Gasteiger partial charge in [0.25, 0.3) is 5.91 Å². The van der Waals surface area contributed by atoms with Crippen molar-refractivity contribution in [2.75, 3.05) is 38.5 Å². The number of rotatable bonds is 5. The number of aliphatic hydroxyl groups is 1. The second kappa shape index (κ2) is 7.71. The molecule has 0 fully saturated rings. The fourth-order valence-electron chi connectivity index (χ4n) is 4.17. The van der Waals surface area contributed by atoms with Gasteiger partial charge in [0.05, 0.1) is 6.10 Å². The van der Waals surface area contributed by atoms with Gasteiger partial charge in [0, 0.05) is 51.0 Å². The molecule has 4 rings (SSSR count). The van der Waals surface area contributed by atoms with Crippen LogP contribution in [-0.4, -0.2) is 60.1 Å². The molecule has 0 aliphatic carbocycles. The normalized spacial score (nSPS) is 18.0. The van der Waals surface area contributed by atoms with E-state index in [9.17, 15) is 9.90 Å². The molecule has 0 bridgehead atoms. The summed E-state index contributed by atoms with van der Waals surface area (Å²) >= 11 is 0. The van der Waals surface area contributed by atoms with Crippen molar-refractivity contribution < 1.29 is 9.90 Å². The summed E-state index contributed by atoms with van der Waals surface area (Å²) in [4.78, 5) is 16.9. The van der Waals surface area contributed by atoms with Gasteiger partial charge in [-0.05, 0) is 41.7 Å². The van der Waals surface area contributed by atoms with E-state index in [0.717, 1.165) is 42.7 Å². The Morgan fingerprint density at radius 3 is 2.63 bits per heavy atom. The number of nitrogens with one attached hydrogen (secondary N) is 1. The lowest BCUT2D eigenvalue weighted by Crippen LogP contribution is -2.46. The molecule has 0 spiro atoms. The van der Waals surface area contributed by atoms with E-state index in [2.05, 4.69) is 34.5 Å². The van der Waals surface area contributed by atoms with Crippen molar-refractivity contribution in [3.63, 3.8) is 0 Å². The van der Waals surface area contributed by atoms with E-state index in [1.807, 2.05) is 25.2 Å². The molecule has 2 N–H and O–H groups in total. The third kappa shape index (κ3) is 3.84. The SMILES string of the molecule is CNc1ccc2c(c1)C(=O)N(CC(O)CN1CCc3ccccc3C1)CC2. The summed E-state index contributed by atoms with van der Waals surface area (Å²) in [6.07, 6.45) is 1.33. The van der Waals surface area contributed by atoms with Crippen LogP contribution < -0.4 is 5.32 Å². The largest absolute Gasteiger partial charge is 0.390 e. The van der Waals surface area contributed by atoms with Crippen LogP contribution in [0.3, 0.4) is 0 Å². The molecule has 5 heteroatoms. The summed E-state index contributed by atoms with van der Waals surface area (Å²) in [5, 5.41) is 13.7. The monoisotopic (exact) mass is 365 g/mol. The number of anilines is 1. The molecule has 0 saturated carbocycles. The van der Waals surface area contributed by atoms with E-state index in [1.54, 1.807) is 4.90 Å². The van der Waals surface area contributed by atoms with Gasteiger partial charge in [-0.2, -0.15) is 0 Å². The number of fused-ring (bicyclic) bond motifs is 2. The number of carbonyl (C=O) groups excluding carboxylic acids is 1. The fourth-order valence-corrected chi connectivity index (χ4v) is 4.17. The zero-order chi connectivity index (χ0) is 18.8. The van der Waals surface area contributed by atoms with Crippen LogP contribution >= 0.6 is 0 Å². The predicted octanol–water partition coefficient (Wildman–Crippen LogP) is 2.15. The second-order valence-corrected chi connectivity index (χ2v) is 7.53. The van der Waals surface area contributed by atoms with Crippen LogP contribution in [0.5, 0.6) is 0 Å². The van der Waals surface area contributed by atoms with Crippen LogP contribution in [0.25, 0.3) is 0 Å². The zero-order valence-corrected chi connectivity index (χ0v) is 15.8. The Morgan fingerprint density at radius 2 is 1.81 bits per heavy atom. The third-order valence-corrected chi connectivity index (χ3v) is 5.68. The molecule has 142 valence electrons. The highest BCUT2D eigenvalue weighted by Crippen LogP contribution is 2.23. The van der Waals surface area contributed by atoms with Crippen molar-refractivity contribution in [3.05, 3.63) is 64.7 Å². The van der Waals surface area contributed by atoms with Crippen LogP contribution in [0, 0.1) is 0 Å². The maximum absolute atomic E-state index is 12.8. The molecule has 5 nitrogen and oxygen atoms in total. The van der Waals surface area contributed by atoms with E-state index >= 15 is 0 Å². The second-order valence-electron chi connectivity index (χ2n) is 7.53. The van der Waals surface area contributed by atoms with Gasteiger partial charge >= 0.3 is 0 Å². The molecule has 0 radical (unpaired) electrons. The lowest BCUT2D eigenvalue weighted by Gasteiger charge is -2.34. The summed E-state index contributed by atoms with van der Waals surface area (Å²) in [6.45, 7) is 3.48. The summed E-state index contributed by atoms with van der Waals surface area (Å²) < 4.78 is 0. The first-order chi connectivity index (χ1) is 13.1. The molecule has 2 aliphatic heterocycles. The Balaban J connectivity index is 1.37. The molecule has 0 aromatic heterocycles. The molecule has 2 aliphatic rings. The minimum absolute atomic E-state index is 0.0244. The highest BCUT2D eigenvalue weighted by molar-refractivity contribution is 5.97. The van der Waals surface area contributed by atoms with E-state index in [-0.39, 0.29) is 5.91 Å². The number of β-amino-alcohol motifs (C(OH)–C–C–N with tert-alkyl or cyclic N) is 1. The number of hydrogen-bond donors (Lipinski definition) is 2. The summed E-state index contributed by atoms with van der Waals surface area (Å²) in [5.74, 6) is 0.0244. The van der Waals surface area contributed by atoms with Crippen LogP contribution in [-0.2, 0) is 19.4 Å². The van der Waals surface area contributed by atoms with E-state index in [1.165, 1.54) is 11.1 Å². The summed E-state index contributed by atoms with van der Waals surface area (Å²) in [7, 11) is 1.85. The van der Waals surface area contributed by atoms with Crippen molar-refractivity contribution >= 4 is 11.6 Å². The number of hydrogen-bond acceptors (Lipinski definition) is 4. The first-order valence-electron chi connectivity index (χ1n) is 9.71. The zero-order valence-electron chi connectivity index (χ0n) is 15.8. The van der Waals surface area contributed by atoms with Crippen molar-refractivity contribution in [3.8, 4) is 0 Å². The van der Waals surface area contributed by atoms with E-state index in [4.69, 9.17) is 0 Å². The highest BCUT2D eigenvalue weighted by atomic mass is 16.3. The molecular weight excluding hydrogens is 338 g/mol. The fraction of sp³-hybridized carbons (Fsp3) is 0.409. The average Bonchev–Trinajstić information content (AvgIpc) is 2.70. The lowest BCUT2D eigenvalue weighted by molar-refractivity contribution is 0.0493. The maximum Gasteiger partial charge on any atom is 0.254 e. The minimum Gasteiger partial charge on any atom is -0.390 e. The highest BCUT2D eigenvalue weighted by Gasteiger charge is 2.27. The number of carbonyl (C=O) groups is 1. The first-order valence-corrected chi connectivity index (χ1v) is 9.71. The summed E-state index contributed by atoms with van der Waals surface area (Å²) in [6, 6.07) is 14.5. The Morgan fingerprint density at radius 1 is 1.04 bits per heavy atom. The molecule has 1 unspecified atom stereocenters. The minimum atomic E-state index is -0.534. The van der Waals surface area contributed by atoms with Gasteiger partial charge in [-0.25, -0.2) is 0 Å². The van der Waals surface area contributed by atoms with Crippen molar-refractivity contribution in [2.24, 2.45) is 0 Å². The van der Waals surface area contributed by atoms with Gasteiger partial charge in [0.1, 0.15) is 0 Å². The first kappa shape index (κ1) is 18.0. The molecule has 1 atom stereocenters. The van der Waals surface area contributed by atoms with Gasteiger partial charge in [0.15, 0.2) is 0 Å². The smallest absolute Gasteiger partial charge is 0.254 e. The van der Waals surface area contributed by atoms with Crippen molar-refractivity contribution in [1.82, 2.24) is 9.80 Å². The Labute approximate surface area is 160 Å². The van der Waals surface area contributed by atoms with Gasteiger partial charge in [-0.15, -0.1) is 0 Å². The number of nitrogens with zero attached hydrogens (tertiary/aromatic N) is 2. The van der Waals surface area contributed by atoms with Crippen LogP contribution in [0.2, 0.25) is 0 Å². The molecule has 27 heavy (non-hydrogen) atoms. The van der Waals surface area contributed by atoms with Crippen LogP contribution in [0.15, 0.2) is 42.5 Å². The summed E-state index contributed by atoms with van der Waals surface area (Å²) in [5.41, 5.74) is 5.55. The molecule has 2 aromatic carbocycles. The molecule has 2 aromatic rings. The molecule has 0 saturated heterocycles. The Kier molecular flexibility index (Phi) is 5.14. The maximum atomic E-state index is 12.8. The molecule has 2 heterocycles. The Bertz CT molecular complexity index is 836. The third-order valence-electron chi connectivity index (χ3n) is 5.68. The predicted molar refractivity (Wildman–Crippen MR) is 107 cm³/mol. The lowest BCUT2D eigenvalue weighted by atomic mass is 9.97. The number of benzene rings is 2. The quantitative estimate of drug-likeness (QED) is 0.853. The molecule has 1 amide bonds. The van der Waals surface area contributed by atoms with Gasteiger partial charge < -0.3 is 15.3 Å². The number of amides is 1. The Hall–Kier alpha value is -2.37.